The zero-order valence-corrected chi connectivity index (χ0v) is 13.5. The highest BCUT2D eigenvalue weighted by Gasteiger charge is 2.25. The smallest absolute Gasteiger partial charge is 0.0847 e. The third-order valence-corrected chi connectivity index (χ3v) is 3.92. The van der Waals surface area contributed by atoms with Gasteiger partial charge in [0.05, 0.1) is 16.4 Å². The molecule has 0 aliphatic heterocycles. The van der Waals surface area contributed by atoms with E-state index in [0.717, 1.165) is 35.9 Å². The van der Waals surface area contributed by atoms with Gasteiger partial charge in [0, 0.05) is 31.0 Å². The van der Waals surface area contributed by atoms with Crippen LogP contribution in [0.3, 0.4) is 0 Å². The van der Waals surface area contributed by atoms with Crippen LogP contribution in [0.25, 0.3) is 0 Å². The summed E-state index contributed by atoms with van der Waals surface area (Å²) in [6.07, 6.45) is 2.87. The van der Waals surface area contributed by atoms with E-state index < -0.39 is 0 Å². The molecular weight excluding hydrogens is 258 g/mol. The average Bonchev–Trinajstić information content (AvgIpc) is 2.64. The Morgan fingerprint density at radius 1 is 1.53 bits per heavy atom. The second kappa shape index (κ2) is 6.58. The monoisotopic (exact) mass is 283 g/mol. The van der Waals surface area contributed by atoms with E-state index in [1.807, 2.05) is 17.7 Å². The first kappa shape index (κ1) is 16.3. The van der Waals surface area contributed by atoms with Crippen LogP contribution in [0.5, 0.6) is 0 Å². The van der Waals surface area contributed by atoms with Crippen molar-refractivity contribution in [1.29, 1.82) is 0 Å². The van der Waals surface area contributed by atoms with E-state index in [0.29, 0.717) is 6.04 Å². The van der Waals surface area contributed by atoms with Crippen molar-refractivity contribution in [3.8, 4) is 0 Å². The molecule has 19 heavy (non-hydrogen) atoms. The lowest BCUT2D eigenvalue weighted by Gasteiger charge is -2.28. The van der Waals surface area contributed by atoms with Crippen LogP contribution in [-0.4, -0.2) is 22.4 Å². The van der Waals surface area contributed by atoms with Gasteiger partial charge in [0.1, 0.15) is 0 Å². The predicted molar refractivity (Wildman–Crippen MR) is 82.8 cm³/mol. The Morgan fingerprint density at radius 3 is 2.63 bits per heavy atom. The largest absolute Gasteiger partial charge is 0.314 e. The first-order valence-corrected chi connectivity index (χ1v) is 7.29. The summed E-state index contributed by atoms with van der Waals surface area (Å²) in [6.45, 7) is 16.3. The normalized spacial score (nSPS) is 14.7. The summed E-state index contributed by atoms with van der Waals surface area (Å²) in [4.78, 5) is 0. The van der Waals surface area contributed by atoms with Crippen molar-refractivity contribution in [2.75, 3.05) is 6.54 Å². The summed E-state index contributed by atoms with van der Waals surface area (Å²) in [7, 11) is 0. The zero-order valence-electron chi connectivity index (χ0n) is 12.8. The standard InChI is InChI=1S/C15H26ClN3/c1-7-15(6,10-17-11(3)4)9-13-14(16)12(5)18-19(13)8-2/h7,11,17H,1,8-10H2,2-6H3. The molecule has 4 heteroatoms. The van der Waals surface area contributed by atoms with Crippen molar-refractivity contribution in [3.05, 3.63) is 29.1 Å². The maximum atomic E-state index is 6.38. The first-order chi connectivity index (χ1) is 8.83. The predicted octanol–water partition coefficient (Wildman–Crippen LogP) is 3.60. The molecule has 0 aromatic carbocycles. The SMILES string of the molecule is C=CC(C)(CNC(C)C)Cc1c(Cl)c(C)nn1CC. The number of hydrogen-bond donors (Lipinski definition) is 1. The molecule has 0 aliphatic rings. The van der Waals surface area contributed by atoms with Gasteiger partial charge in [-0.3, -0.25) is 4.68 Å². The molecule has 0 radical (unpaired) electrons. The van der Waals surface area contributed by atoms with Crippen molar-refractivity contribution < 1.29 is 0 Å². The van der Waals surface area contributed by atoms with E-state index >= 15 is 0 Å². The number of rotatable bonds is 7. The third kappa shape index (κ3) is 4.08. The maximum absolute atomic E-state index is 6.38. The molecule has 1 aromatic heterocycles. The van der Waals surface area contributed by atoms with E-state index in [2.05, 4.69) is 44.7 Å². The zero-order chi connectivity index (χ0) is 14.6. The molecule has 1 aromatic rings. The topological polar surface area (TPSA) is 29.9 Å². The van der Waals surface area contributed by atoms with Crippen molar-refractivity contribution in [3.63, 3.8) is 0 Å². The van der Waals surface area contributed by atoms with Crippen LogP contribution in [0.2, 0.25) is 5.02 Å². The molecule has 0 amide bonds. The lowest BCUT2D eigenvalue weighted by atomic mass is 9.85. The molecule has 0 saturated carbocycles. The Kier molecular flexibility index (Phi) is 5.63. The van der Waals surface area contributed by atoms with Gasteiger partial charge >= 0.3 is 0 Å². The molecule has 1 rings (SSSR count). The molecule has 1 heterocycles. The van der Waals surface area contributed by atoms with E-state index in [-0.39, 0.29) is 5.41 Å². The number of halogens is 1. The molecule has 1 N–H and O–H groups in total. The van der Waals surface area contributed by atoms with Crippen molar-refractivity contribution in [1.82, 2.24) is 15.1 Å². The number of nitrogens with one attached hydrogen (secondary N) is 1. The highest BCUT2D eigenvalue weighted by molar-refractivity contribution is 6.31. The van der Waals surface area contributed by atoms with Gasteiger partial charge in [-0.25, -0.2) is 0 Å². The summed E-state index contributed by atoms with van der Waals surface area (Å²) in [6, 6.07) is 0.465. The van der Waals surface area contributed by atoms with Crippen LogP contribution in [0.15, 0.2) is 12.7 Å². The molecule has 1 unspecified atom stereocenters. The molecule has 0 saturated heterocycles. The first-order valence-electron chi connectivity index (χ1n) is 6.91. The van der Waals surface area contributed by atoms with E-state index in [1.165, 1.54) is 0 Å². The van der Waals surface area contributed by atoms with E-state index in [9.17, 15) is 0 Å². The molecule has 0 spiro atoms. The Hall–Kier alpha value is -0.800. The third-order valence-electron chi connectivity index (χ3n) is 3.43. The van der Waals surface area contributed by atoms with Crippen LogP contribution in [0.4, 0.5) is 0 Å². The number of hydrogen-bond acceptors (Lipinski definition) is 2. The minimum Gasteiger partial charge on any atom is -0.314 e. The highest BCUT2D eigenvalue weighted by Crippen LogP contribution is 2.29. The maximum Gasteiger partial charge on any atom is 0.0847 e. The fourth-order valence-electron chi connectivity index (χ4n) is 2.06. The van der Waals surface area contributed by atoms with Gasteiger partial charge in [-0.1, -0.05) is 38.4 Å². The van der Waals surface area contributed by atoms with Crippen LogP contribution in [0.1, 0.15) is 39.1 Å². The quantitative estimate of drug-likeness (QED) is 0.775. The average molecular weight is 284 g/mol. The fraction of sp³-hybridized carbons (Fsp3) is 0.667. The molecule has 0 aliphatic carbocycles. The summed E-state index contributed by atoms with van der Waals surface area (Å²) in [5, 5.41) is 8.74. The second-order valence-corrected chi connectivity index (χ2v) is 6.11. The van der Waals surface area contributed by atoms with Crippen molar-refractivity contribution in [2.24, 2.45) is 5.41 Å². The highest BCUT2D eigenvalue weighted by atomic mass is 35.5. The van der Waals surface area contributed by atoms with Gasteiger partial charge in [0.25, 0.3) is 0 Å². The van der Waals surface area contributed by atoms with Crippen LogP contribution in [-0.2, 0) is 13.0 Å². The number of aryl methyl sites for hydroxylation is 2. The Morgan fingerprint density at radius 2 is 2.16 bits per heavy atom. The van der Waals surface area contributed by atoms with Gasteiger partial charge in [-0.15, -0.1) is 6.58 Å². The Bertz CT molecular complexity index is 437. The summed E-state index contributed by atoms with van der Waals surface area (Å²) in [5.41, 5.74) is 1.99. The van der Waals surface area contributed by atoms with Gasteiger partial charge in [0.15, 0.2) is 0 Å². The second-order valence-electron chi connectivity index (χ2n) is 5.73. The van der Waals surface area contributed by atoms with Gasteiger partial charge in [0.2, 0.25) is 0 Å². The van der Waals surface area contributed by atoms with Gasteiger partial charge in [-0.05, 0) is 13.8 Å². The molecular formula is C15H26ClN3. The van der Waals surface area contributed by atoms with Crippen LogP contribution < -0.4 is 5.32 Å². The molecule has 108 valence electrons. The Labute approximate surface area is 122 Å². The van der Waals surface area contributed by atoms with E-state index in [4.69, 9.17) is 11.6 Å². The fourth-order valence-corrected chi connectivity index (χ4v) is 2.27. The summed E-state index contributed by atoms with van der Waals surface area (Å²) < 4.78 is 1.99. The van der Waals surface area contributed by atoms with Gasteiger partial charge < -0.3 is 5.32 Å². The van der Waals surface area contributed by atoms with Gasteiger partial charge in [-0.2, -0.15) is 5.10 Å². The Balaban J connectivity index is 2.94. The van der Waals surface area contributed by atoms with Crippen LogP contribution >= 0.6 is 11.6 Å². The molecule has 1 atom stereocenters. The molecule has 3 nitrogen and oxygen atoms in total. The minimum atomic E-state index is -0.0205. The lowest BCUT2D eigenvalue weighted by Crippen LogP contribution is -2.36. The van der Waals surface area contributed by atoms with Crippen molar-refractivity contribution in [2.45, 2.75) is 53.6 Å². The summed E-state index contributed by atoms with van der Waals surface area (Å²) >= 11 is 6.38. The van der Waals surface area contributed by atoms with Crippen LogP contribution in [0, 0.1) is 12.3 Å². The summed E-state index contributed by atoms with van der Waals surface area (Å²) in [5.74, 6) is 0. The lowest BCUT2D eigenvalue weighted by molar-refractivity contribution is 0.363. The number of aromatic nitrogens is 2. The molecule has 0 fully saturated rings. The minimum absolute atomic E-state index is 0.0205. The van der Waals surface area contributed by atoms with E-state index in [1.54, 1.807) is 0 Å². The number of nitrogens with zero attached hydrogens (tertiary/aromatic N) is 2. The van der Waals surface area contributed by atoms with Crippen molar-refractivity contribution >= 4 is 11.6 Å². The molecule has 0 bridgehead atoms.